The standard InChI is InChI=1S/C13H15FN2O4/c1-20-8-5-7(6-8)15-13(19)16-11-9(12(17)18)3-2-4-10(11)14/h2-4,7-8H,5-6H2,1H3,(H,17,18)(H2,15,16,19). The molecular formula is C13H15FN2O4. The Hall–Kier alpha value is -2.15. The van der Waals surface area contributed by atoms with Crippen LogP contribution >= 0.6 is 0 Å². The molecule has 108 valence electrons. The van der Waals surface area contributed by atoms with Crippen LogP contribution in [-0.2, 0) is 4.74 Å². The number of rotatable bonds is 4. The number of urea groups is 1. The maximum absolute atomic E-state index is 13.6. The first kappa shape index (κ1) is 14.3. The van der Waals surface area contributed by atoms with E-state index in [4.69, 9.17) is 9.84 Å². The van der Waals surface area contributed by atoms with Crippen LogP contribution in [0.25, 0.3) is 0 Å². The number of carboxylic acid groups (broad SMARTS) is 1. The second-order valence-corrected chi connectivity index (χ2v) is 4.59. The zero-order valence-electron chi connectivity index (χ0n) is 10.9. The number of carboxylic acids is 1. The number of amides is 2. The Morgan fingerprint density at radius 2 is 2.10 bits per heavy atom. The van der Waals surface area contributed by atoms with Gasteiger partial charge >= 0.3 is 12.0 Å². The average molecular weight is 282 g/mol. The first-order valence-electron chi connectivity index (χ1n) is 6.13. The fourth-order valence-electron chi connectivity index (χ4n) is 2.04. The predicted octanol–water partition coefficient (Wildman–Crippen LogP) is 1.82. The SMILES string of the molecule is COC1CC(NC(=O)Nc2c(F)cccc2C(=O)O)C1. The van der Waals surface area contributed by atoms with Crippen LogP contribution in [0.1, 0.15) is 23.2 Å². The molecule has 0 atom stereocenters. The molecule has 0 aliphatic heterocycles. The summed E-state index contributed by atoms with van der Waals surface area (Å²) in [5.41, 5.74) is -0.622. The fourth-order valence-corrected chi connectivity index (χ4v) is 2.04. The summed E-state index contributed by atoms with van der Waals surface area (Å²) in [6.45, 7) is 0. The lowest BCUT2D eigenvalue weighted by Crippen LogP contribution is -2.48. The molecule has 7 heteroatoms. The largest absolute Gasteiger partial charge is 0.478 e. The summed E-state index contributed by atoms with van der Waals surface area (Å²) in [6.07, 6.45) is 1.50. The molecular weight excluding hydrogens is 267 g/mol. The highest BCUT2D eigenvalue weighted by atomic mass is 19.1. The van der Waals surface area contributed by atoms with Crippen molar-refractivity contribution < 1.29 is 23.8 Å². The molecule has 6 nitrogen and oxygen atoms in total. The number of carbonyl (C=O) groups is 2. The second kappa shape index (κ2) is 5.87. The number of nitrogens with one attached hydrogen (secondary N) is 2. The molecule has 3 N–H and O–H groups in total. The number of anilines is 1. The number of methoxy groups -OCH3 is 1. The van der Waals surface area contributed by atoms with Crippen molar-refractivity contribution in [3.05, 3.63) is 29.6 Å². The molecule has 0 bridgehead atoms. The third kappa shape index (κ3) is 3.05. The van der Waals surface area contributed by atoms with Crippen molar-refractivity contribution in [3.63, 3.8) is 0 Å². The van der Waals surface area contributed by atoms with Gasteiger partial charge in [0, 0.05) is 13.2 Å². The van der Waals surface area contributed by atoms with Crippen LogP contribution in [0, 0.1) is 5.82 Å². The van der Waals surface area contributed by atoms with Crippen molar-refractivity contribution >= 4 is 17.7 Å². The van der Waals surface area contributed by atoms with E-state index in [1.54, 1.807) is 7.11 Å². The molecule has 0 saturated heterocycles. The van der Waals surface area contributed by atoms with Crippen LogP contribution in [0.15, 0.2) is 18.2 Å². The number of hydrogen-bond acceptors (Lipinski definition) is 3. The van der Waals surface area contributed by atoms with E-state index in [2.05, 4.69) is 10.6 Å². The van der Waals surface area contributed by atoms with Gasteiger partial charge in [0.1, 0.15) is 5.82 Å². The Morgan fingerprint density at radius 3 is 2.70 bits per heavy atom. The third-order valence-corrected chi connectivity index (χ3v) is 3.25. The number of aromatic carboxylic acids is 1. The van der Waals surface area contributed by atoms with Gasteiger partial charge in [-0.2, -0.15) is 0 Å². The molecule has 0 spiro atoms. The second-order valence-electron chi connectivity index (χ2n) is 4.59. The highest BCUT2D eigenvalue weighted by molar-refractivity contribution is 6.00. The number of halogens is 1. The van der Waals surface area contributed by atoms with E-state index in [1.807, 2.05) is 0 Å². The third-order valence-electron chi connectivity index (χ3n) is 3.25. The van der Waals surface area contributed by atoms with Gasteiger partial charge in [0.2, 0.25) is 0 Å². The van der Waals surface area contributed by atoms with Crippen LogP contribution in [0.5, 0.6) is 0 Å². The number of carbonyl (C=O) groups excluding carboxylic acids is 1. The highest BCUT2D eigenvalue weighted by Gasteiger charge is 2.30. The maximum atomic E-state index is 13.6. The van der Waals surface area contributed by atoms with Crippen LogP contribution in [0.2, 0.25) is 0 Å². The van der Waals surface area contributed by atoms with Crippen LogP contribution in [0.4, 0.5) is 14.9 Å². The summed E-state index contributed by atoms with van der Waals surface area (Å²) in [4.78, 5) is 22.7. The van der Waals surface area contributed by atoms with Crippen molar-refractivity contribution in [3.8, 4) is 0 Å². The molecule has 20 heavy (non-hydrogen) atoms. The molecule has 1 aromatic rings. The van der Waals surface area contributed by atoms with E-state index in [0.717, 1.165) is 6.07 Å². The van der Waals surface area contributed by atoms with Crippen LogP contribution in [0.3, 0.4) is 0 Å². The van der Waals surface area contributed by atoms with Crippen molar-refractivity contribution in [2.45, 2.75) is 25.0 Å². The summed E-state index contributed by atoms with van der Waals surface area (Å²) in [6, 6.07) is 2.92. The van der Waals surface area contributed by atoms with Gasteiger partial charge in [0.15, 0.2) is 0 Å². The Kier molecular flexibility index (Phi) is 4.19. The van der Waals surface area contributed by atoms with Crippen molar-refractivity contribution in [2.24, 2.45) is 0 Å². The molecule has 1 aliphatic rings. The van der Waals surface area contributed by atoms with E-state index in [9.17, 15) is 14.0 Å². The summed E-state index contributed by atoms with van der Waals surface area (Å²) in [5, 5.41) is 13.8. The molecule has 1 aliphatic carbocycles. The van der Waals surface area contributed by atoms with Crippen molar-refractivity contribution in [1.29, 1.82) is 0 Å². The summed E-state index contributed by atoms with van der Waals surface area (Å²) < 4.78 is 18.7. The maximum Gasteiger partial charge on any atom is 0.337 e. The Balaban J connectivity index is 1.99. The predicted molar refractivity (Wildman–Crippen MR) is 69.3 cm³/mol. The summed E-state index contributed by atoms with van der Waals surface area (Å²) in [5.74, 6) is -2.09. The van der Waals surface area contributed by atoms with Gasteiger partial charge in [-0.15, -0.1) is 0 Å². The van der Waals surface area contributed by atoms with E-state index in [-0.39, 0.29) is 23.4 Å². The minimum atomic E-state index is -1.30. The molecule has 1 saturated carbocycles. The first-order valence-corrected chi connectivity index (χ1v) is 6.13. The lowest BCUT2D eigenvalue weighted by atomic mass is 9.89. The van der Waals surface area contributed by atoms with E-state index >= 15 is 0 Å². The zero-order chi connectivity index (χ0) is 14.7. The number of benzene rings is 1. The smallest absolute Gasteiger partial charge is 0.337 e. The van der Waals surface area contributed by atoms with Gasteiger partial charge in [-0.1, -0.05) is 6.07 Å². The Labute approximate surface area is 114 Å². The molecule has 0 radical (unpaired) electrons. The monoisotopic (exact) mass is 282 g/mol. The van der Waals surface area contributed by atoms with Crippen LogP contribution < -0.4 is 10.6 Å². The lowest BCUT2D eigenvalue weighted by molar-refractivity contribution is 0.0210. The zero-order valence-corrected chi connectivity index (χ0v) is 10.9. The molecule has 0 aromatic heterocycles. The minimum absolute atomic E-state index is 0.0417. The fraction of sp³-hybridized carbons (Fsp3) is 0.385. The van der Waals surface area contributed by atoms with Gasteiger partial charge in [-0.3, -0.25) is 0 Å². The van der Waals surface area contributed by atoms with Gasteiger partial charge < -0.3 is 20.5 Å². The molecule has 0 unspecified atom stereocenters. The van der Waals surface area contributed by atoms with E-state index in [0.29, 0.717) is 12.8 Å². The number of hydrogen-bond donors (Lipinski definition) is 3. The summed E-state index contributed by atoms with van der Waals surface area (Å²) in [7, 11) is 1.60. The van der Waals surface area contributed by atoms with Gasteiger partial charge in [0.05, 0.1) is 17.4 Å². The van der Waals surface area contributed by atoms with Crippen molar-refractivity contribution in [2.75, 3.05) is 12.4 Å². The quantitative estimate of drug-likeness (QED) is 0.786. The van der Waals surface area contributed by atoms with Gasteiger partial charge in [-0.05, 0) is 25.0 Å². The molecule has 2 rings (SSSR count). The minimum Gasteiger partial charge on any atom is -0.478 e. The van der Waals surface area contributed by atoms with E-state index in [1.165, 1.54) is 12.1 Å². The van der Waals surface area contributed by atoms with Crippen molar-refractivity contribution in [1.82, 2.24) is 5.32 Å². The lowest BCUT2D eigenvalue weighted by Gasteiger charge is -2.34. The molecule has 0 heterocycles. The average Bonchev–Trinajstić information content (AvgIpc) is 2.35. The molecule has 1 aromatic carbocycles. The van der Waals surface area contributed by atoms with Gasteiger partial charge in [0.25, 0.3) is 0 Å². The topological polar surface area (TPSA) is 87.7 Å². The highest BCUT2D eigenvalue weighted by Crippen LogP contribution is 2.23. The Morgan fingerprint density at radius 1 is 1.40 bits per heavy atom. The normalized spacial score (nSPS) is 20.9. The number of ether oxygens (including phenoxy) is 1. The van der Waals surface area contributed by atoms with Crippen LogP contribution in [-0.4, -0.2) is 36.4 Å². The van der Waals surface area contributed by atoms with Gasteiger partial charge in [-0.25, -0.2) is 14.0 Å². The first-order chi connectivity index (χ1) is 9.51. The summed E-state index contributed by atoms with van der Waals surface area (Å²) >= 11 is 0. The molecule has 1 fully saturated rings. The Bertz CT molecular complexity index is 529. The number of para-hydroxylation sites is 1. The van der Waals surface area contributed by atoms with E-state index < -0.39 is 17.8 Å². The molecule has 2 amide bonds.